The lowest BCUT2D eigenvalue weighted by Crippen LogP contribution is -2.21. The molecule has 106 valence electrons. The Morgan fingerprint density at radius 3 is 2.42 bits per heavy atom. The van der Waals surface area contributed by atoms with Crippen molar-refractivity contribution in [2.24, 2.45) is 17.7 Å². The maximum absolute atomic E-state index is 5.39. The number of hydrazine groups is 1. The van der Waals surface area contributed by atoms with Gasteiger partial charge in [0.1, 0.15) is 17.5 Å². The van der Waals surface area contributed by atoms with Crippen LogP contribution in [0.25, 0.3) is 0 Å². The Labute approximate surface area is 115 Å². The molecule has 1 aliphatic rings. The predicted molar refractivity (Wildman–Crippen MR) is 78.8 cm³/mol. The molecule has 1 aromatic rings. The molecule has 19 heavy (non-hydrogen) atoms. The third kappa shape index (κ3) is 4.06. The van der Waals surface area contributed by atoms with Gasteiger partial charge in [0, 0.05) is 12.6 Å². The standard InChI is InChI=1S/C14H25N5/c1-3-11-4-6-12(7-5-11)9-16-13-8-14(19-15)18-10(2)17-13/h8,11-12H,3-7,9,15H2,1-2H3,(H2,16,17,18,19). The van der Waals surface area contributed by atoms with Gasteiger partial charge in [0.2, 0.25) is 0 Å². The van der Waals surface area contributed by atoms with Crippen molar-refractivity contribution in [3.05, 3.63) is 11.9 Å². The smallest absolute Gasteiger partial charge is 0.145 e. The molecule has 0 spiro atoms. The fourth-order valence-electron chi connectivity index (χ4n) is 2.82. The molecule has 0 saturated heterocycles. The highest BCUT2D eigenvalue weighted by atomic mass is 15.3. The lowest BCUT2D eigenvalue weighted by atomic mass is 9.81. The number of aryl methyl sites for hydroxylation is 1. The van der Waals surface area contributed by atoms with Crippen LogP contribution in [0, 0.1) is 18.8 Å². The Bertz CT molecular complexity index is 399. The number of hydrogen-bond acceptors (Lipinski definition) is 5. The number of hydrogen-bond donors (Lipinski definition) is 3. The topological polar surface area (TPSA) is 75.9 Å². The molecule has 1 heterocycles. The van der Waals surface area contributed by atoms with Crippen LogP contribution in [0.5, 0.6) is 0 Å². The monoisotopic (exact) mass is 263 g/mol. The van der Waals surface area contributed by atoms with Gasteiger partial charge in [-0.1, -0.05) is 26.2 Å². The van der Waals surface area contributed by atoms with E-state index in [-0.39, 0.29) is 0 Å². The van der Waals surface area contributed by atoms with E-state index in [0.29, 0.717) is 5.82 Å². The first kappa shape index (κ1) is 14.1. The molecule has 0 radical (unpaired) electrons. The average molecular weight is 263 g/mol. The molecule has 0 amide bonds. The Balaban J connectivity index is 1.84. The molecule has 0 bridgehead atoms. The fourth-order valence-corrected chi connectivity index (χ4v) is 2.82. The first-order chi connectivity index (χ1) is 9.21. The Morgan fingerprint density at radius 2 is 1.79 bits per heavy atom. The van der Waals surface area contributed by atoms with E-state index in [1.54, 1.807) is 0 Å². The molecule has 4 N–H and O–H groups in total. The van der Waals surface area contributed by atoms with Gasteiger partial charge in [-0.15, -0.1) is 0 Å². The minimum absolute atomic E-state index is 0.657. The lowest BCUT2D eigenvalue weighted by molar-refractivity contribution is 0.278. The van der Waals surface area contributed by atoms with Crippen molar-refractivity contribution in [1.29, 1.82) is 0 Å². The Kier molecular flexibility index (Phi) is 4.96. The van der Waals surface area contributed by atoms with Crippen LogP contribution in [-0.4, -0.2) is 16.5 Å². The zero-order chi connectivity index (χ0) is 13.7. The highest BCUT2D eigenvalue weighted by Crippen LogP contribution is 2.30. The molecule has 5 nitrogen and oxygen atoms in total. The van der Waals surface area contributed by atoms with Crippen molar-refractivity contribution in [3.8, 4) is 0 Å². The molecule has 5 heteroatoms. The summed E-state index contributed by atoms with van der Waals surface area (Å²) in [5.41, 5.74) is 2.57. The molecular formula is C14H25N5. The van der Waals surface area contributed by atoms with E-state index in [2.05, 4.69) is 27.6 Å². The van der Waals surface area contributed by atoms with Gasteiger partial charge in [0.15, 0.2) is 0 Å². The SMILES string of the molecule is CCC1CCC(CNc2cc(NN)nc(C)n2)CC1. The summed E-state index contributed by atoms with van der Waals surface area (Å²) < 4.78 is 0. The Morgan fingerprint density at radius 1 is 1.16 bits per heavy atom. The molecule has 1 aliphatic carbocycles. The van der Waals surface area contributed by atoms with E-state index >= 15 is 0 Å². The van der Waals surface area contributed by atoms with Crippen LogP contribution in [0.4, 0.5) is 11.6 Å². The van der Waals surface area contributed by atoms with E-state index < -0.39 is 0 Å². The van der Waals surface area contributed by atoms with E-state index in [0.717, 1.165) is 30.0 Å². The lowest BCUT2D eigenvalue weighted by Gasteiger charge is -2.28. The van der Waals surface area contributed by atoms with Crippen LogP contribution in [0.15, 0.2) is 6.07 Å². The number of anilines is 2. The van der Waals surface area contributed by atoms with Crippen LogP contribution >= 0.6 is 0 Å². The summed E-state index contributed by atoms with van der Waals surface area (Å²) in [6.45, 7) is 5.17. The summed E-state index contributed by atoms with van der Waals surface area (Å²) in [4.78, 5) is 8.56. The van der Waals surface area contributed by atoms with Crippen LogP contribution in [0.1, 0.15) is 44.9 Å². The summed E-state index contributed by atoms with van der Waals surface area (Å²) in [6, 6.07) is 1.85. The minimum atomic E-state index is 0.657. The molecule has 0 unspecified atom stereocenters. The number of nitrogen functional groups attached to an aromatic ring is 1. The van der Waals surface area contributed by atoms with Gasteiger partial charge in [0.05, 0.1) is 0 Å². The van der Waals surface area contributed by atoms with Crippen molar-refractivity contribution in [2.75, 3.05) is 17.3 Å². The van der Waals surface area contributed by atoms with Gasteiger partial charge < -0.3 is 10.7 Å². The fraction of sp³-hybridized carbons (Fsp3) is 0.714. The van der Waals surface area contributed by atoms with E-state index in [4.69, 9.17) is 5.84 Å². The molecule has 0 aromatic carbocycles. The first-order valence-electron chi connectivity index (χ1n) is 7.27. The van der Waals surface area contributed by atoms with Gasteiger partial charge in [0.25, 0.3) is 0 Å². The molecule has 0 aliphatic heterocycles. The number of nitrogens with zero attached hydrogens (tertiary/aromatic N) is 2. The van der Waals surface area contributed by atoms with Gasteiger partial charge in [-0.25, -0.2) is 15.8 Å². The third-order valence-corrected chi connectivity index (χ3v) is 4.10. The molecule has 0 atom stereocenters. The number of nitrogens with one attached hydrogen (secondary N) is 2. The summed E-state index contributed by atoms with van der Waals surface area (Å²) in [7, 11) is 0. The van der Waals surface area contributed by atoms with Crippen molar-refractivity contribution < 1.29 is 0 Å². The van der Waals surface area contributed by atoms with Crippen molar-refractivity contribution in [3.63, 3.8) is 0 Å². The summed E-state index contributed by atoms with van der Waals surface area (Å²) in [6.07, 6.45) is 6.74. The maximum Gasteiger partial charge on any atom is 0.145 e. The first-order valence-corrected chi connectivity index (χ1v) is 7.27. The van der Waals surface area contributed by atoms with E-state index in [9.17, 15) is 0 Å². The van der Waals surface area contributed by atoms with Crippen LogP contribution in [0.2, 0.25) is 0 Å². The van der Waals surface area contributed by atoms with E-state index in [1.807, 2.05) is 13.0 Å². The van der Waals surface area contributed by atoms with Crippen molar-refractivity contribution in [1.82, 2.24) is 9.97 Å². The predicted octanol–water partition coefficient (Wildman–Crippen LogP) is 2.70. The molecule has 1 fully saturated rings. The Hall–Kier alpha value is -1.36. The van der Waals surface area contributed by atoms with Crippen LogP contribution in [0.3, 0.4) is 0 Å². The number of rotatable bonds is 5. The van der Waals surface area contributed by atoms with Crippen molar-refractivity contribution >= 4 is 11.6 Å². The highest BCUT2D eigenvalue weighted by Gasteiger charge is 2.19. The zero-order valence-electron chi connectivity index (χ0n) is 11.9. The number of nitrogens with two attached hydrogens (primary N) is 1. The summed E-state index contributed by atoms with van der Waals surface area (Å²) in [5.74, 6) is 9.36. The quantitative estimate of drug-likeness (QED) is 0.562. The normalized spacial score (nSPS) is 23.1. The second-order valence-electron chi connectivity index (χ2n) is 5.51. The minimum Gasteiger partial charge on any atom is -0.370 e. The average Bonchev–Trinajstić information content (AvgIpc) is 2.45. The van der Waals surface area contributed by atoms with Crippen molar-refractivity contribution in [2.45, 2.75) is 46.0 Å². The molecule has 2 rings (SSSR count). The maximum atomic E-state index is 5.39. The summed E-state index contributed by atoms with van der Waals surface area (Å²) in [5, 5.41) is 3.42. The molecule has 1 aromatic heterocycles. The van der Waals surface area contributed by atoms with Crippen LogP contribution in [-0.2, 0) is 0 Å². The highest BCUT2D eigenvalue weighted by molar-refractivity contribution is 5.46. The van der Waals surface area contributed by atoms with E-state index in [1.165, 1.54) is 32.1 Å². The molecular weight excluding hydrogens is 238 g/mol. The van der Waals surface area contributed by atoms with Gasteiger partial charge in [-0.05, 0) is 31.6 Å². The third-order valence-electron chi connectivity index (χ3n) is 4.10. The van der Waals surface area contributed by atoms with Crippen LogP contribution < -0.4 is 16.6 Å². The second kappa shape index (κ2) is 6.70. The van der Waals surface area contributed by atoms with Gasteiger partial charge >= 0.3 is 0 Å². The largest absolute Gasteiger partial charge is 0.370 e. The van der Waals surface area contributed by atoms with Gasteiger partial charge in [-0.3, -0.25) is 0 Å². The zero-order valence-corrected chi connectivity index (χ0v) is 11.9. The summed E-state index contributed by atoms with van der Waals surface area (Å²) >= 11 is 0. The molecule has 1 saturated carbocycles. The number of aromatic nitrogens is 2. The van der Waals surface area contributed by atoms with Gasteiger partial charge in [-0.2, -0.15) is 0 Å². The second-order valence-corrected chi connectivity index (χ2v) is 5.51.